The molecule has 2 aromatic heterocycles. The zero-order chi connectivity index (χ0) is 20.2. The molecule has 0 atom stereocenters. The molecule has 0 radical (unpaired) electrons. The Hall–Kier alpha value is -3.55. The summed E-state index contributed by atoms with van der Waals surface area (Å²) in [5.41, 5.74) is 1.25. The molecule has 1 aromatic carbocycles. The van der Waals surface area contributed by atoms with Gasteiger partial charge in [-0.25, -0.2) is 15.0 Å². The molecule has 3 aromatic rings. The number of hydrogen-bond donors (Lipinski definition) is 1. The Bertz CT molecular complexity index is 1010. The van der Waals surface area contributed by atoms with E-state index in [0.29, 0.717) is 11.3 Å². The fourth-order valence-electron chi connectivity index (χ4n) is 3.48. The van der Waals surface area contributed by atoms with E-state index in [1.54, 1.807) is 43.1 Å². The van der Waals surface area contributed by atoms with E-state index in [2.05, 4.69) is 25.2 Å². The molecule has 0 bridgehead atoms. The van der Waals surface area contributed by atoms with Gasteiger partial charge >= 0.3 is 0 Å². The van der Waals surface area contributed by atoms with E-state index in [1.807, 2.05) is 16.8 Å². The Morgan fingerprint density at radius 2 is 1.90 bits per heavy atom. The number of amides is 1. The summed E-state index contributed by atoms with van der Waals surface area (Å²) in [5.74, 6) is 1.51. The molecule has 0 saturated carbocycles. The van der Waals surface area contributed by atoms with Gasteiger partial charge in [-0.05, 0) is 31.9 Å². The standard InChI is InChI=1S/C21H22N6O2/c1-15(28)17-3-2-4-18(11-17)25-21(29)16-5-8-26(9-6-16)19-12-20(24-13-23-19)27-10-7-22-14-27/h2-4,7,10-14,16H,5-6,8-9H2,1H3,(H,25,29). The summed E-state index contributed by atoms with van der Waals surface area (Å²) in [6, 6.07) is 8.97. The fraction of sp³-hybridized carbons (Fsp3) is 0.286. The van der Waals surface area contributed by atoms with E-state index < -0.39 is 0 Å². The van der Waals surface area contributed by atoms with Gasteiger partial charge in [-0.1, -0.05) is 12.1 Å². The third-order valence-corrected chi connectivity index (χ3v) is 5.13. The van der Waals surface area contributed by atoms with Crippen LogP contribution in [-0.2, 0) is 4.79 Å². The van der Waals surface area contributed by atoms with Gasteiger partial charge in [-0.15, -0.1) is 0 Å². The molecular formula is C21H22N6O2. The highest BCUT2D eigenvalue weighted by Crippen LogP contribution is 2.24. The average molecular weight is 390 g/mol. The average Bonchev–Trinajstić information content (AvgIpc) is 3.29. The lowest BCUT2D eigenvalue weighted by atomic mass is 9.95. The van der Waals surface area contributed by atoms with Gasteiger partial charge in [0.25, 0.3) is 0 Å². The molecule has 0 aliphatic carbocycles. The Morgan fingerprint density at radius 3 is 2.62 bits per heavy atom. The van der Waals surface area contributed by atoms with E-state index in [0.717, 1.165) is 37.6 Å². The second kappa shape index (κ2) is 8.22. The predicted octanol–water partition coefficient (Wildman–Crippen LogP) is 2.72. The van der Waals surface area contributed by atoms with Gasteiger partial charge in [0.15, 0.2) is 5.78 Å². The van der Waals surface area contributed by atoms with Gasteiger partial charge in [0.1, 0.15) is 24.3 Å². The zero-order valence-corrected chi connectivity index (χ0v) is 16.2. The lowest BCUT2D eigenvalue weighted by molar-refractivity contribution is -0.120. The molecule has 4 rings (SSSR count). The van der Waals surface area contributed by atoms with Gasteiger partial charge in [-0.3, -0.25) is 14.2 Å². The van der Waals surface area contributed by atoms with Crippen molar-refractivity contribution < 1.29 is 9.59 Å². The number of imidazole rings is 1. The summed E-state index contributed by atoms with van der Waals surface area (Å²) in [4.78, 5) is 39.1. The molecule has 29 heavy (non-hydrogen) atoms. The van der Waals surface area contributed by atoms with Crippen molar-refractivity contribution in [3.63, 3.8) is 0 Å². The molecule has 8 nitrogen and oxygen atoms in total. The third kappa shape index (κ3) is 4.31. The summed E-state index contributed by atoms with van der Waals surface area (Å²) in [6.45, 7) is 3.00. The largest absolute Gasteiger partial charge is 0.356 e. The van der Waals surface area contributed by atoms with Gasteiger partial charge in [0.05, 0.1) is 0 Å². The van der Waals surface area contributed by atoms with E-state index >= 15 is 0 Å². The highest BCUT2D eigenvalue weighted by Gasteiger charge is 2.26. The smallest absolute Gasteiger partial charge is 0.227 e. The Morgan fingerprint density at radius 1 is 1.10 bits per heavy atom. The molecule has 0 unspecified atom stereocenters. The minimum atomic E-state index is -0.0674. The van der Waals surface area contributed by atoms with Gasteiger partial charge in [0, 0.05) is 48.7 Å². The van der Waals surface area contributed by atoms with Crippen LogP contribution in [0.25, 0.3) is 5.82 Å². The Balaban J connectivity index is 1.37. The van der Waals surface area contributed by atoms with Crippen LogP contribution in [0.5, 0.6) is 0 Å². The number of piperidine rings is 1. The molecule has 1 fully saturated rings. The number of nitrogens with one attached hydrogen (secondary N) is 1. The summed E-state index contributed by atoms with van der Waals surface area (Å²) in [5, 5.41) is 2.94. The van der Waals surface area contributed by atoms with Crippen LogP contribution in [-0.4, -0.2) is 44.3 Å². The minimum Gasteiger partial charge on any atom is -0.356 e. The second-order valence-corrected chi connectivity index (χ2v) is 7.09. The Labute approximate surface area is 168 Å². The van der Waals surface area contributed by atoms with Crippen LogP contribution >= 0.6 is 0 Å². The van der Waals surface area contributed by atoms with Crippen LogP contribution in [0.2, 0.25) is 0 Å². The quantitative estimate of drug-likeness (QED) is 0.674. The first-order valence-electron chi connectivity index (χ1n) is 9.57. The minimum absolute atomic E-state index is 0.00727. The molecule has 8 heteroatoms. The van der Waals surface area contributed by atoms with Gasteiger partial charge in [-0.2, -0.15) is 0 Å². The van der Waals surface area contributed by atoms with Crippen molar-refractivity contribution in [3.8, 4) is 5.82 Å². The third-order valence-electron chi connectivity index (χ3n) is 5.13. The monoisotopic (exact) mass is 390 g/mol. The number of hydrogen-bond acceptors (Lipinski definition) is 6. The van der Waals surface area contributed by atoms with Gasteiger partial charge in [0.2, 0.25) is 5.91 Å². The number of nitrogens with zero attached hydrogens (tertiary/aromatic N) is 5. The van der Waals surface area contributed by atoms with Crippen molar-refractivity contribution in [3.05, 3.63) is 60.9 Å². The van der Waals surface area contributed by atoms with E-state index in [-0.39, 0.29) is 17.6 Å². The maximum Gasteiger partial charge on any atom is 0.227 e. The van der Waals surface area contributed by atoms with E-state index in [4.69, 9.17) is 0 Å². The second-order valence-electron chi connectivity index (χ2n) is 7.09. The van der Waals surface area contributed by atoms with Crippen molar-refractivity contribution in [2.75, 3.05) is 23.3 Å². The SMILES string of the molecule is CC(=O)c1cccc(NC(=O)C2CCN(c3cc(-n4ccnc4)ncn3)CC2)c1. The lowest BCUT2D eigenvalue weighted by Gasteiger charge is -2.32. The number of aromatic nitrogens is 4. The molecule has 1 N–H and O–H groups in total. The highest BCUT2D eigenvalue weighted by molar-refractivity contribution is 5.97. The van der Waals surface area contributed by atoms with Crippen LogP contribution in [0, 0.1) is 5.92 Å². The number of carbonyl (C=O) groups is 2. The molecule has 1 aliphatic heterocycles. The molecular weight excluding hydrogens is 368 g/mol. The van der Waals surface area contributed by atoms with Crippen LogP contribution in [0.3, 0.4) is 0 Å². The normalized spacial score (nSPS) is 14.6. The topological polar surface area (TPSA) is 93.0 Å². The van der Waals surface area contributed by atoms with E-state index in [1.165, 1.54) is 6.92 Å². The molecule has 148 valence electrons. The van der Waals surface area contributed by atoms with Gasteiger partial charge < -0.3 is 10.2 Å². The summed E-state index contributed by atoms with van der Waals surface area (Å²) in [6.07, 6.45) is 8.27. The fourth-order valence-corrected chi connectivity index (χ4v) is 3.48. The highest BCUT2D eigenvalue weighted by atomic mass is 16.2. The molecule has 1 amide bonds. The predicted molar refractivity (Wildman–Crippen MR) is 109 cm³/mol. The number of ketones is 1. The maximum atomic E-state index is 12.7. The van der Waals surface area contributed by atoms with Crippen molar-refractivity contribution in [2.24, 2.45) is 5.92 Å². The Kier molecular flexibility index (Phi) is 5.33. The van der Waals surface area contributed by atoms with Crippen molar-refractivity contribution in [1.29, 1.82) is 0 Å². The number of Topliss-reactive ketones (excluding diaryl/α,β-unsaturated/α-hetero) is 1. The van der Waals surface area contributed by atoms with Crippen molar-refractivity contribution in [2.45, 2.75) is 19.8 Å². The van der Waals surface area contributed by atoms with Crippen molar-refractivity contribution in [1.82, 2.24) is 19.5 Å². The summed E-state index contributed by atoms with van der Waals surface area (Å²) < 4.78 is 1.83. The van der Waals surface area contributed by atoms with Crippen LogP contribution in [0.15, 0.2) is 55.4 Å². The molecule has 1 saturated heterocycles. The molecule has 0 spiro atoms. The lowest BCUT2D eigenvalue weighted by Crippen LogP contribution is -2.38. The van der Waals surface area contributed by atoms with Crippen LogP contribution in [0.1, 0.15) is 30.1 Å². The van der Waals surface area contributed by atoms with Crippen LogP contribution in [0.4, 0.5) is 11.5 Å². The molecule has 3 heterocycles. The number of benzene rings is 1. The van der Waals surface area contributed by atoms with E-state index in [9.17, 15) is 9.59 Å². The van der Waals surface area contributed by atoms with Crippen LogP contribution < -0.4 is 10.2 Å². The maximum absolute atomic E-state index is 12.7. The molecule has 1 aliphatic rings. The first-order chi connectivity index (χ1) is 14.1. The first kappa shape index (κ1) is 18.8. The summed E-state index contributed by atoms with van der Waals surface area (Å²) in [7, 11) is 0. The van der Waals surface area contributed by atoms with Crippen molar-refractivity contribution >= 4 is 23.2 Å². The number of anilines is 2. The number of carbonyl (C=O) groups excluding carboxylic acids is 2. The number of rotatable bonds is 5. The first-order valence-corrected chi connectivity index (χ1v) is 9.57. The zero-order valence-electron chi connectivity index (χ0n) is 16.2. The summed E-state index contributed by atoms with van der Waals surface area (Å²) >= 11 is 0.